The van der Waals surface area contributed by atoms with Gasteiger partial charge in [0, 0.05) is 12.1 Å². The fourth-order valence-electron chi connectivity index (χ4n) is 2.35. The second-order valence-corrected chi connectivity index (χ2v) is 5.54. The number of hydrogen-bond acceptors (Lipinski definition) is 4. The van der Waals surface area contributed by atoms with Gasteiger partial charge in [0.05, 0.1) is 0 Å². The van der Waals surface area contributed by atoms with Crippen molar-refractivity contribution in [3.63, 3.8) is 0 Å². The topological polar surface area (TPSA) is 78.9 Å². The normalized spacial score (nSPS) is 15.9. The summed E-state index contributed by atoms with van der Waals surface area (Å²) in [6.07, 6.45) is 6.27. The summed E-state index contributed by atoms with van der Waals surface area (Å²) in [5.41, 5.74) is 0. The third-order valence-electron chi connectivity index (χ3n) is 3.28. The lowest BCUT2D eigenvalue weighted by atomic mass is 9.95. The number of hydrogen-bond donors (Lipinski definition) is 3. The summed E-state index contributed by atoms with van der Waals surface area (Å²) < 4.78 is 0. The van der Waals surface area contributed by atoms with Gasteiger partial charge in [0.1, 0.15) is 5.82 Å². The Morgan fingerprint density at radius 3 is 2.40 bits per heavy atom. The maximum atomic E-state index is 11.5. The van der Waals surface area contributed by atoms with E-state index >= 15 is 0 Å². The van der Waals surface area contributed by atoms with E-state index in [4.69, 9.17) is 0 Å². The van der Waals surface area contributed by atoms with Gasteiger partial charge in [-0.1, -0.05) is 19.3 Å². The van der Waals surface area contributed by atoms with Crippen LogP contribution in [0, 0.1) is 0 Å². The van der Waals surface area contributed by atoms with Crippen LogP contribution >= 0.6 is 0 Å². The molecule has 1 aromatic heterocycles. The average molecular weight is 277 g/mol. The second-order valence-electron chi connectivity index (χ2n) is 5.54. The average Bonchev–Trinajstić information content (AvgIpc) is 2.41. The number of carbonyl (C=O) groups is 1. The van der Waals surface area contributed by atoms with Crippen molar-refractivity contribution in [1.29, 1.82) is 0 Å². The van der Waals surface area contributed by atoms with Gasteiger partial charge in [0.2, 0.25) is 0 Å². The van der Waals surface area contributed by atoms with Gasteiger partial charge in [-0.3, -0.25) is 5.32 Å². The number of aromatic nitrogens is 2. The maximum Gasteiger partial charge on any atom is 0.320 e. The Hall–Kier alpha value is -1.85. The van der Waals surface area contributed by atoms with E-state index in [0.717, 1.165) is 5.82 Å². The minimum Gasteiger partial charge on any atom is -0.366 e. The van der Waals surface area contributed by atoms with Crippen molar-refractivity contribution in [2.45, 2.75) is 58.0 Å². The molecule has 6 heteroatoms. The molecule has 110 valence electrons. The molecule has 1 heterocycles. The molecule has 1 saturated carbocycles. The number of urea groups is 1. The van der Waals surface area contributed by atoms with E-state index in [1.807, 2.05) is 19.9 Å². The van der Waals surface area contributed by atoms with Gasteiger partial charge in [0.25, 0.3) is 0 Å². The van der Waals surface area contributed by atoms with E-state index in [-0.39, 0.29) is 12.1 Å². The first-order chi connectivity index (χ1) is 9.63. The van der Waals surface area contributed by atoms with E-state index in [1.54, 1.807) is 6.07 Å². The van der Waals surface area contributed by atoms with Crippen molar-refractivity contribution in [2.24, 2.45) is 0 Å². The molecule has 0 atom stereocenters. The number of nitrogens with zero attached hydrogens (tertiary/aromatic N) is 2. The lowest BCUT2D eigenvalue weighted by molar-refractivity contribution is 0.250. The predicted molar refractivity (Wildman–Crippen MR) is 79.8 cm³/mol. The zero-order chi connectivity index (χ0) is 14.4. The summed E-state index contributed by atoms with van der Waals surface area (Å²) in [6.45, 7) is 3.81. The Morgan fingerprint density at radius 2 is 1.80 bits per heavy atom. The Kier molecular flexibility index (Phi) is 5.15. The predicted octanol–water partition coefficient (Wildman–Crippen LogP) is 2.75. The molecule has 0 aliphatic heterocycles. The third kappa shape index (κ3) is 4.68. The maximum absolute atomic E-state index is 11.5. The fraction of sp³-hybridized carbons (Fsp3) is 0.643. The second kappa shape index (κ2) is 7.07. The smallest absolute Gasteiger partial charge is 0.320 e. The summed E-state index contributed by atoms with van der Waals surface area (Å²) in [5, 5.41) is 16.9. The molecule has 2 amide bonds. The molecule has 0 saturated heterocycles. The lowest BCUT2D eigenvalue weighted by Crippen LogP contribution is -2.34. The first kappa shape index (κ1) is 14.6. The van der Waals surface area contributed by atoms with Crippen LogP contribution in [0.5, 0.6) is 0 Å². The standard InChI is InChI=1S/C14H23N5O/c1-10(2)15-14(20)17-13-9-8-12(18-19-13)16-11-6-4-3-5-7-11/h8-11H,3-7H2,1-2H3,(H,16,18)(H2,15,17,19,20). The van der Waals surface area contributed by atoms with Crippen LogP contribution in [0.1, 0.15) is 46.0 Å². The fourth-order valence-corrected chi connectivity index (χ4v) is 2.35. The van der Waals surface area contributed by atoms with E-state index < -0.39 is 0 Å². The number of nitrogens with one attached hydrogen (secondary N) is 3. The number of anilines is 2. The van der Waals surface area contributed by atoms with Crippen molar-refractivity contribution in [2.75, 3.05) is 10.6 Å². The van der Waals surface area contributed by atoms with Crippen LogP contribution < -0.4 is 16.0 Å². The molecule has 0 radical (unpaired) electrons. The number of amides is 2. The zero-order valence-electron chi connectivity index (χ0n) is 12.1. The summed E-state index contributed by atoms with van der Waals surface area (Å²) in [6, 6.07) is 3.95. The van der Waals surface area contributed by atoms with Crippen LogP contribution in [0.15, 0.2) is 12.1 Å². The van der Waals surface area contributed by atoms with Crippen LogP contribution in [-0.2, 0) is 0 Å². The summed E-state index contributed by atoms with van der Waals surface area (Å²) in [7, 11) is 0. The third-order valence-corrected chi connectivity index (χ3v) is 3.28. The molecular formula is C14H23N5O. The van der Waals surface area contributed by atoms with Gasteiger partial charge in [-0.2, -0.15) is 0 Å². The molecule has 0 bridgehead atoms. The monoisotopic (exact) mass is 277 g/mol. The molecular weight excluding hydrogens is 254 g/mol. The lowest BCUT2D eigenvalue weighted by Gasteiger charge is -2.22. The first-order valence-corrected chi connectivity index (χ1v) is 7.31. The van der Waals surface area contributed by atoms with Gasteiger partial charge < -0.3 is 10.6 Å². The van der Waals surface area contributed by atoms with Crippen LogP contribution in [0.2, 0.25) is 0 Å². The van der Waals surface area contributed by atoms with Crippen molar-refractivity contribution >= 4 is 17.7 Å². The van der Waals surface area contributed by atoms with Crippen molar-refractivity contribution in [3.05, 3.63) is 12.1 Å². The molecule has 0 spiro atoms. The van der Waals surface area contributed by atoms with E-state index in [0.29, 0.717) is 11.9 Å². The molecule has 6 nitrogen and oxygen atoms in total. The van der Waals surface area contributed by atoms with Crippen molar-refractivity contribution in [3.8, 4) is 0 Å². The first-order valence-electron chi connectivity index (χ1n) is 7.31. The Morgan fingerprint density at radius 1 is 1.15 bits per heavy atom. The largest absolute Gasteiger partial charge is 0.366 e. The summed E-state index contributed by atoms with van der Waals surface area (Å²) in [5.74, 6) is 1.23. The van der Waals surface area contributed by atoms with Gasteiger partial charge in [-0.15, -0.1) is 10.2 Å². The number of rotatable bonds is 4. The summed E-state index contributed by atoms with van der Waals surface area (Å²) in [4.78, 5) is 11.5. The van der Waals surface area contributed by atoms with Gasteiger partial charge in [-0.25, -0.2) is 4.79 Å². The Balaban J connectivity index is 1.84. The van der Waals surface area contributed by atoms with Gasteiger partial charge in [-0.05, 0) is 38.8 Å². The van der Waals surface area contributed by atoms with Crippen LogP contribution in [0.4, 0.5) is 16.4 Å². The zero-order valence-corrected chi connectivity index (χ0v) is 12.1. The highest BCUT2D eigenvalue weighted by Gasteiger charge is 2.13. The van der Waals surface area contributed by atoms with Crippen molar-refractivity contribution < 1.29 is 4.79 Å². The van der Waals surface area contributed by atoms with E-state index in [9.17, 15) is 4.79 Å². The molecule has 0 aromatic carbocycles. The quantitative estimate of drug-likeness (QED) is 0.790. The van der Waals surface area contributed by atoms with Crippen molar-refractivity contribution in [1.82, 2.24) is 15.5 Å². The van der Waals surface area contributed by atoms with Crippen LogP contribution in [0.25, 0.3) is 0 Å². The molecule has 2 rings (SSSR count). The molecule has 1 aliphatic carbocycles. The van der Waals surface area contributed by atoms with E-state index in [2.05, 4.69) is 26.1 Å². The molecule has 20 heavy (non-hydrogen) atoms. The number of carbonyl (C=O) groups excluding carboxylic acids is 1. The highest BCUT2D eigenvalue weighted by molar-refractivity contribution is 5.88. The molecule has 0 unspecified atom stereocenters. The molecule has 1 aliphatic rings. The Labute approximate surface area is 119 Å². The van der Waals surface area contributed by atoms with Crippen LogP contribution in [0.3, 0.4) is 0 Å². The minimum absolute atomic E-state index is 0.0928. The minimum atomic E-state index is -0.262. The summed E-state index contributed by atoms with van der Waals surface area (Å²) >= 11 is 0. The molecule has 1 aromatic rings. The van der Waals surface area contributed by atoms with Gasteiger partial charge in [0.15, 0.2) is 5.82 Å². The van der Waals surface area contributed by atoms with Crippen LogP contribution in [-0.4, -0.2) is 28.3 Å². The van der Waals surface area contributed by atoms with Gasteiger partial charge >= 0.3 is 6.03 Å². The van der Waals surface area contributed by atoms with E-state index in [1.165, 1.54) is 32.1 Å². The Bertz CT molecular complexity index is 426. The molecule has 1 fully saturated rings. The SMILES string of the molecule is CC(C)NC(=O)Nc1ccc(NC2CCCCC2)nn1. The highest BCUT2D eigenvalue weighted by Crippen LogP contribution is 2.20. The molecule has 3 N–H and O–H groups in total. The highest BCUT2D eigenvalue weighted by atomic mass is 16.2.